The molecule has 1 unspecified atom stereocenters. The maximum absolute atomic E-state index is 12.6. The van der Waals surface area contributed by atoms with Crippen molar-refractivity contribution in [2.24, 2.45) is 0 Å². The zero-order valence-corrected chi connectivity index (χ0v) is 13.4. The number of likely N-dealkylation sites (tertiary alicyclic amines) is 1. The van der Waals surface area contributed by atoms with Gasteiger partial charge in [0, 0.05) is 43.4 Å². The predicted octanol–water partition coefficient (Wildman–Crippen LogP) is 0.814. The lowest BCUT2D eigenvalue weighted by atomic mass is 10.1. The zero-order valence-electron chi connectivity index (χ0n) is 11.8. The molecule has 3 heterocycles. The fourth-order valence-electron chi connectivity index (χ4n) is 3.01. The van der Waals surface area contributed by atoms with Gasteiger partial charge in [-0.3, -0.25) is 9.59 Å². The van der Waals surface area contributed by atoms with Crippen LogP contribution in [0.3, 0.4) is 0 Å². The monoisotopic (exact) mass is 354 g/mol. The Labute approximate surface area is 132 Å². The van der Waals surface area contributed by atoms with Gasteiger partial charge in [-0.15, -0.1) is 0 Å². The number of aromatic nitrogens is 1. The van der Waals surface area contributed by atoms with E-state index in [0.717, 1.165) is 43.5 Å². The van der Waals surface area contributed by atoms with Gasteiger partial charge in [-0.05, 0) is 34.8 Å². The van der Waals surface area contributed by atoms with Crippen molar-refractivity contribution in [2.45, 2.75) is 18.9 Å². The van der Waals surface area contributed by atoms with Crippen molar-refractivity contribution < 1.29 is 9.59 Å². The molecule has 2 aliphatic heterocycles. The number of nitrogens with one attached hydrogen (secondary N) is 2. The molecule has 0 aliphatic carbocycles. The molecular formula is C14H19BrN4O2. The van der Waals surface area contributed by atoms with Gasteiger partial charge in [0.1, 0.15) is 11.7 Å². The van der Waals surface area contributed by atoms with Crippen molar-refractivity contribution in [3.8, 4) is 0 Å². The Balaban J connectivity index is 1.72. The Morgan fingerprint density at radius 1 is 1.24 bits per heavy atom. The normalized spacial score (nSPS) is 22.6. The molecule has 1 atom stereocenters. The molecule has 2 amide bonds. The summed E-state index contributed by atoms with van der Waals surface area (Å²) in [6, 6.07) is 1.45. The lowest BCUT2D eigenvalue weighted by Gasteiger charge is -2.32. The minimum absolute atomic E-state index is 0.0907. The van der Waals surface area contributed by atoms with Gasteiger partial charge in [-0.2, -0.15) is 0 Å². The molecule has 1 aromatic rings. The van der Waals surface area contributed by atoms with Gasteiger partial charge in [0.05, 0.1) is 0 Å². The SMILES string of the molecule is O=C(C1CCCN1C(=O)c1cc(Br)c[nH]1)N1CCNCC1. The number of aromatic amines is 1. The van der Waals surface area contributed by atoms with E-state index in [2.05, 4.69) is 26.2 Å². The highest BCUT2D eigenvalue weighted by Crippen LogP contribution is 2.23. The smallest absolute Gasteiger partial charge is 0.270 e. The van der Waals surface area contributed by atoms with Crippen LogP contribution in [0.4, 0.5) is 0 Å². The van der Waals surface area contributed by atoms with Crippen molar-refractivity contribution in [3.05, 3.63) is 22.4 Å². The third kappa shape index (κ3) is 2.98. The van der Waals surface area contributed by atoms with Crippen LogP contribution in [0.1, 0.15) is 23.3 Å². The predicted molar refractivity (Wildman–Crippen MR) is 82.0 cm³/mol. The minimum Gasteiger partial charge on any atom is -0.356 e. The van der Waals surface area contributed by atoms with E-state index in [9.17, 15) is 9.59 Å². The number of H-pyrrole nitrogens is 1. The lowest BCUT2D eigenvalue weighted by Crippen LogP contribution is -2.53. The number of halogens is 1. The lowest BCUT2D eigenvalue weighted by molar-refractivity contribution is -0.135. The third-order valence-corrected chi connectivity index (χ3v) is 4.56. The minimum atomic E-state index is -0.308. The first-order valence-corrected chi connectivity index (χ1v) is 8.10. The fraction of sp³-hybridized carbons (Fsp3) is 0.571. The van der Waals surface area contributed by atoms with Crippen molar-refractivity contribution in [2.75, 3.05) is 32.7 Å². The quantitative estimate of drug-likeness (QED) is 0.825. The second kappa shape index (κ2) is 6.19. The number of carbonyl (C=O) groups is 2. The second-order valence-corrected chi connectivity index (χ2v) is 6.38. The van der Waals surface area contributed by atoms with Crippen LogP contribution in [-0.2, 0) is 4.79 Å². The van der Waals surface area contributed by atoms with Crippen molar-refractivity contribution in [3.63, 3.8) is 0 Å². The largest absolute Gasteiger partial charge is 0.356 e. The number of piperazine rings is 1. The molecule has 6 nitrogen and oxygen atoms in total. The highest BCUT2D eigenvalue weighted by Gasteiger charge is 2.37. The number of rotatable bonds is 2. The molecule has 0 radical (unpaired) electrons. The molecule has 0 bridgehead atoms. The Morgan fingerprint density at radius 2 is 2.00 bits per heavy atom. The van der Waals surface area contributed by atoms with E-state index in [1.807, 2.05) is 4.90 Å². The zero-order chi connectivity index (χ0) is 14.8. The molecule has 1 aromatic heterocycles. The van der Waals surface area contributed by atoms with Crippen LogP contribution in [-0.4, -0.2) is 65.4 Å². The molecule has 21 heavy (non-hydrogen) atoms. The van der Waals surface area contributed by atoms with Gasteiger partial charge in [0.25, 0.3) is 5.91 Å². The Hall–Kier alpha value is -1.34. The maximum Gasteiger partial charge on any atom is 0.270 e. The molecule has 2 N–H and O–H groups in total. The maximum atomic E-state index is 12.6. The summed E-state index contributed by atoms with van der Waals surface area (Å²) >= 11 is 3.33. The second-order valence-electron chi connectivity index (χ2n) is 5.46. The van der Waals surface area contributed by atoms with Crippen LogP contribution >= 0.6 is 15.9 Å². The van der Waals surface area contributed by atoms with E-state index in [0.29, 0.717) is 12.2 Å². The number of hydrogen-bond donors (Lipinski definition) is 2. The average Bonchev–Trinajstić information content (AvgIpc) is 3.15. The van der Waals surface area contributed by atoms with Crippen LogP contribution in [0.5, 0.6) is 0 Å². The first kappa shape index (κ1) is 14.6. The molecule has 114 valence electrons. The van der Waals surface area contributed by atoms with Crippen LogP contribution in [0.25, 0.3) is 0 Å². The van der Waals surface area contributed by atoms with Crippen molar-refractivity contribution in [1.82, 2.24) is 20.1 Å². The number of nitrogens with zero attached hydrogens (tertiary/aromatic N) is 2. The number of carbonyl (C=O) groups excluding carboxylic acids is 2. The summed E-state index contributed by atoms with van der Waals surface area (Å²) in [7, 11) is 0. The molecular weight excluding hydrogens is 336 g/mol. The van der Waals surface area contributed by atoms with Gasteiger partial charge in [-0.25, -0.2) is 0 Å². The van der Waals surface area contributed by atoms with Crippen molar-refractivity contribution in [1.29, 1.82) is 0 Å². The highest BCUT2D eigenvalue weighted by molar-refractivity contribution is 9.10. The van der Waals surface area contributed by atoms with Crippen LogP contribution in [0.15, 0.2) is 16.7 Å². The van der Waals surface area contributed by atoms with E-state index in [4.69, 9.17) is 0 Å². The van der Waals surface area contributed by atoms with Gasteiger partial charge < -0.3 is 20.1 Å². The van der Waals surface area contributed by atoms with E-state index >= 15 is 0 Å². The molecule has 2 fully saturated rings. The third-order valence-electron chi connectivity index (χ3n) is 4.11. The van der Waals surface area contributed by atoms with E-state index < -0.39 is 0 Å². The Morgan fingerprint density at radius 3 is 2.67 bits per heavy atom. The topological polar surface area (TPSA) is 68.4 Å². The summed E-state index contributed by atoms with van der Waals surface area (Å²) in [5, 5.41) is 3.24. The van der Waals surface area contributed by atoms with E-state index in [-0.39, 0.29) is 17.9 Å². The molecule has 2 aliphatic rings. The van der Waals surface area contributed by atoms with Crippen LogP contribution in [0, 0.1) is 0 Å². The summed E-state index contributed by atoms with van der Waals surface area (Å²) in [5.74, 6) is -0.000318. The van der Waals surface area contributed by atoms with Gasteiger partial charge in [0.2, 0.25) is 5.91 Å². The average molecular weight is 355 g/mol. The van der Waals surface area contributed by atoms with Gasteiger partial charge >= 0.3 is 0 Å². The first-order valence-electron chi connectivity index (χ1n) is 7.31. The summed E-state index contributed by atoms with van der Waals surface area (Å²) in [6.07, 6.45) is 3.38. The summed E-state index contributed by atoms with van der Waals surface area (Å²) in [6.45, 7) is 3.76. The fourth-order valence-corrected chi connectivity index (χ4v) is 3.35. The van der Waals surface area contributed by atoms with Gasteiger partial charge in [-0.1, -0.05) is 0 Å². The summed E-state index contributed by atoms with van der Waals surface area (Å²) < 4.78 is 0.843. The molecule has 7 heteroatoms. The number of amides is 2. The highest BCUT2D eigenvalue weighted by atomic mass is 79.9. The van der Waals surface area contributed by atoms with Crippen LogP contribution in [0.2, 0.25) is 0 Å². The summed E-state index contributed by atoms with van der Waals surface area (Å²) in [5.41, 5.74) is 0.530. The Bertz CT molecular complexity index is 539. The molecule has 0 saturated carbocycles. The molecule has 0 spiro atoms. The standard InChI is InChI=1S/C14H19BrN4O2/c15-10-8-11(17-9-10)13(20)19-5-1-2-12(19)14(21)18-6-3-16-4-7-18/h8-9,12,16-17H,1-7H2. The molecule has 0 aromatic carbocycles. The molecule has 3 rings (SSSR count). The first-order chi connectivity index (χ1) is 10.2. The number of hydrogen-bond acceptors (Lipinski definition) is 3. The Kier molecular flexibility index (Phi) is 4.30. The molecule has 2 saturated heterocycles. The van der Waals surface area contributed by atoms with Crippen LogP contribution < -0.4 is 5.32 Å². The van der Waals surface area contributed by atoms with Crippen molar-refractivity contribution >= 4 is 27.7 Å². The van der Waals surface area contributed by atoms with Gasteiger partial charge in [0.15, 0.2) is 0 Å². The van der Waals surface area contributed by atoms with E-state index in [1.165, 1.54) is 0 Å². The van der Waals surface area contributed by atoms with E-state index in [1.54, 1.807) is 17.2 Å². The summed E-state index contributed by atoms with van der Waals surface area (Å²) in [4.78, 5) is 31.7.